The maximum absolute atomic E-state index is 4.53. The smallest absolute Gasteiger partial charge is 0.0635 e. The van der Waals surface area contributed by atoms with Crippen LogP contribution in [0.4, 0.5) is 0 Å². The minimum absolute atomic E-state index is 0.129. The third-order valence-electron chi connectivity index (χ3n) is 3.96. The lowest BCUT2D eigenvalue weighted by molar-refractivity contribution is 0.349. The minimum Gasteiger partial charge on any atom is -0.314 e. The Morgan fingerprint density at radius 2 is 2.15 bits per heavy atom. The molecular weight excluding hydrogens is 316 g/mol. The van der Waals surface area contributed by atoms with Gasteiger partial charge in [0.15, 0.2) is 0 Å². The van der Waals surface area contributed by atoms with Gasteiger partial charge in [-0.25, -0.2) is 0 Å². The van der Waals surface area contributed by atoms with E-state index in [0.29, 0.717) is 0 Å². The summed E-state index contributed by atoms with van der Waals surface area (Å²) in [6.45, 7) is 7.67. The molecule has 1 saturated carbocycles. The van der Waals surface area contributed by atoms with Crippen molar-refractivity contribution in [3.63, 3.8) is 0 Å². The lowest BCUT2D eigenvalue weighted by atomic mass is 9.85. The average Bonchev–Trinajstić information content (AvgIpc) is 3.08. The SMILES string of the molecule is CN(C)CCn1ncc(Br)c1C(C)(C)CCNC1CC1. The Bertz CT molecular complexity index is 435. The molecule has 0 unspecified atom stereocenters. The molecule has 1 aromatic heterocycles. The van der Waals surface area contributed by atoms with Crippen LogP contribution in [0.25, 0.3) is 0 Å². The van der Waals surface area contributed by atoms with Gasteiger partial charge >= 0.3 is 0 Å². The molecule has 20 heavy (non-hydrogen) atoms. The first-order chi connectivity index (χ1) is 9.40. The number of nitrogens with zero attached hydrogens (tertiary/aromatic N) is 3. The van der Waals surface area contributed by atoms with Crippen molar-refractivity contribution < 1.29 is 0 Å². The molecule has 1 heterocycles. The van der Waals surface area contributed by atoms with Crippen molar-refractivity contribution in [2.45, 2.75) is 51.1 Å². The summed E-state index contributed by atoms with van der Waals surface area (Å²) in [6, 6.07) is 0.785. The van der Waals surface area contributed by atoms with Gasteiger partial charge in [0, 0.05) is 18.0 Å². The molecule has 114 valence electrons. The van der Waals surface area contributed by atoms with E-state index in [0.717, 1.165) is 36.6 Å². The summed E-state index contributed by atoms with van der Waals surface area (Å²) >= 11 is 3.68. The van der Waals surface area contributed by atoms with Crippen LogP contribution < -0.4 is 5.32 Å². The molecule has 5 heteroatoms. The molecule has 1 aliphatic carbocycles. The first-order valence-corrected chi connectivity index (χ1v) is 8.29. The van der Waals surface area contributed by atoms with Crippen LogP contribution in [0, 0.1) is 0 Å². The quantitative estimate of drug-likeness (QED) is 0.788. The molecule has 0 atom stereocenters. The fourth-order valence-electron chi connectivity index (χ4n) is 2.49. The van der Waals surface area contributed by atoms with Gasteiger partial charge in [0.05, 0.1) is 22.9 Å². The van der Waals surface area contributed by atoms with Crippen LogP contribution >= 0.6 is 15.9 Å². The average molecular weight is 343 g/mol. The maximum atomic E-state index is 4.53. The Kier molecular flexibility index (Phi) is 5.26. The molecule has 4 nitrogen and oxygen atoms in total. The topological polar surface area (TPSA) is 33.1 Å². The van der Waals surface area contributed by atoms with Crippen molar-refractivity contribution in [3.8, 4) is 0 Å². The number of rotatable bonds is 8. The van der Waals surface area contributed by atoms with Gasteiger partial charge in [0.25, 0.3) is 0 Å². The zero-order valence-corrected chi connectivity index (χ0v) is 14.7. The second-order valence-electron chi connectivity index (χ2n) is 6.73. The summed E-state index contributed by atoms with van der Waals surface area (Å²) in [7, 11) is 4.20. The first kappa shape index (κ1) is 16.0. The summed E-state index contributed by atoms with van der Waals surface area (Å²) in [5.41, 5.74) is 1.45. The lowest BCUT2D eigenvalue weighted by Gasteiger charge is -2.27. The predicted octanol–water partition coefficient (Wildman–Crippen LogP) is 2.63. The zero-order valence-electron chi connectivity index (χ0n) is 13.1. The van der Waals surface area contributed by atoms with Gasteiger partial charge in [-0.05, 0) is 55.8 Å². The molecule has 0 amide bonds. The molecule has 0 saturated heterocycles. The zero-order chi connectivity index (χ0) is 14.8. The van der Waals surface area contributed by atoms with Gasteiger partial charge in [0.1, 0.15) is 0 Å². The van der Waals surface area contributed by atoms with E-state index in [4.69, 9.17) is 0 Å². The number of nitrogens with one attached hydrogen (secondary N) is 1. The van der Waals surface area contributed by atoms with E-state index in [9.17, 15) is 0 Å². The third kappa shape index (κ3) is 4.30. The fourth-order valence-corrected chi connectivity index (χ4v) is 3.33. The van der Waals surface area contributed by atoms with E-state index < -0.39 is 0 Å². The lowest BCUT2D eigenvalue weighted by Crippen LogP contribution is -2.30. The molecule has 1 fully saturated rings. The Labute approximate surface area is 131 Å². The first-order valence-electron chi connectivity index (χ1n) is 7.50. The standard InChI is InChI=1S/C15H27BrN4/c1-15(2,7-8-17-12-5-6-12)14-13(16)11-18-20(14)10-9-19(3)4/h11-12,17H,5-10H2,1-4H3. The van der Waals surface area contributed by atoms with Gasteiger partial charge < -0.3 is 10.2 Å². The summed E-state index contributed by atoms with van der Waals surface area (Å²) in [6.07, 6.45) is 5.77. The van der Waals surface area contributed by atoms with E-state index in [1.165, 1.54) is 18.5 Å². The van der Waals surface area contributed by atoms with Crippen molar-refractivity contribution >= 4 is 15.9 Å². The Morgan fingerprint density at radius 3 is 2.75 bits per heavy atom. The molecule has 0 bridgehead atoms. The van der Waals surface area contributed by atoms with Crippen molar-refractivity contribution in [2.75, 3.05) is 27.2 Å². The van der Waals surface area contributed by atoms with E-state index in [1.807, 2.05) is 6.20 Å². The van der Waals surface area contributed by atoms with E-state index in [-0.39, 0.29) is 5.41 Å². The summed E-state index contributed by atoms with van der Waals surface area (Å²) in [5.74, 6) is 0. The van der Waals surface area contributed by atoms with Crippen LogP contribution in [0.1, 0.15) is 38.8 Å². The number of aromatic nitrogens is 2. The van der Waals surface area contributed by atoms with Crippen molar-refractivity contribution in [3.05, 3.63) is 16.4 Å². The van der Waals surface area contributed by atoms with Crippen molar-refractivity contribution in [2.24, 2.45) is 0 Å². The van der Waals surface area contributed by atoms with E-state index in [1.54, 1.807) is 0 Å². The Morgan fingerprint density at radius 1 is 1.45 bits per heavy atom. The molecule has 0 radical (unpaired) electrons. The molecule has 0 aromatic carbocycles. The molecule has 1 N–H and O–H groups in total. The predicted molar refractivity (Wildman–Crippen MR) is 87.1 cm³/mol. The van der Waals surface area contributed by atoms with Gasteiger partial charge in [0.2, 0.25) is 0 Å². The van der Waals surface area contributed by atoms with Crippen LogP contribution in [0.2, 0.25) is 0 Å². The maximum Gasteiger partial charge on any atom is 0.0635 e. The summed E-state index contributed by atoms with van der Waals surface area (Å²) in [5, 5.41) is 8.14. The van der Waals surface area contributed by atoms with Gasteiger partial charge in [-0.2, -0.15) is 5.10 Å². The van der Waals surface area contributed by atoms with Crippen LogP contribution in [-0.4, -0.2) is 47.9 Å². The number of hydrogen-bond acceptors (Lipinski definition) is 3. The molecule has 0 aliphatic heterocycles. The number of hydrogen-bond donors (Lipinski definition) is 1. The third-order valence-corrected chi connectivity index (χ3v) is 4.54. The summed E-state index contributed by atoms with van der Waals surface area (Å²) < 4.78 is 3.29. The fraction of sp³-hybridized carbons (Fsp3) is 0.800. The van der Waals surface area contributed by atoms with Gasteiger partial charge in [-0.15, -0.1) is 0 Å². The van der Waals surface area contributed by atoms with Crippen LogP contribution in [0.15, 0.2) is 10.7 Å². The molecule has 2 rings (SSSR count). The summed E-state index contributed by atoms with van der Waals surface area (Å²) in [4.78, 5) is 2.20. The van der Waals surface area contributed by atoms with Gasteiger partial charge in [-0.1, -0.05) is 13.8 Å². The second kappa shape index (κ2) is 6.58. The monoisotopic (exact) mass is 342 g/mol. The molecule has 1 aliphatic rings. The van der Waals surface area contributed by atoms with Crippen molar-refractivity contribution in [1.29, 1.82) is 0 Å². The molecule has 0 spiro atoms. The van der Waals surface area contributed by atoms with Crippen LogP contribution in [-0.2, 0) is 12.0 Å². The van der Waals surface area contributed by atoms with Crippen molar-refractivity contribution in [1.82, 2.24) is 20.0 Å². The largest absolute Gasteiger partial charge is 0.314 e. The highest BCUT2D eigenvalue weighted by Crippen LogP contribution is 2.33. The van der Waals surface area contributed by atoms with Crippen LogP contribution in [0.5, 0.6) is 0 Å². The minimum atomic E-state index is 0.129. The highest BCUT2D eigenvalue weighted by atomic mass is 79.9. The van der Waals surface area contributed by atoms with E-state index >= 15 is 0 Å². The van der Waals surface area contributed by atoms with Gasteiger partial charge in [-0.3, -0.25) is 4.68 Å². The van der Waals surface area contributed by atoms with Crippen LogP contribution in [0.3, 0.4) is 0 Å². The Balaban J connectivity index is 2.01. The normalized spacial score (nSPS) is 16.1. The number of halogens is 1. The second-order valence-corrected chi connectivity index (χ2v) is 7.58. The molecular formula is C15H27BrN4. The van der Waals surface area contributed by atoms with E-state index in [2.05, 4.69) is 63.9 Å². The highest BCUT2D eigenvalue weighted by Gasteiger charge is 2.28. The Hall–Kier alpha value is -0.390. The number of likely N-dealkylation sites (N-methyl/N-ethyl adjacent to an activating group) is 1. The highest BCUT2D eigenvalue weighted by molar-refractivity contribution is 9.10. The molecule has 1 aromatic rings.